The molecule has 102 valence electrons. The van der Waals surface area contributed by atoms with E-state index in [4.69, 9.17) is 9.15 Å². The molecule has 0 aliphatic rings. The number of hydrogen-bond acceptors (Lipinski definition) is 3. The molecule has 2 rings (SSSR count). The van der Waals surface area contributed by atoms with Crippen LogP contribution in [0, 0.1) is 0 Å². The number of para-hydroxylation sites is 1. The molecule has 0 atom stereocenters. The number of fused-ring (bicyclic) bond motifs is 1. The molecule has 2 aromatic rings. The van der Waals surface area contributed by atoms with Crippen LogP contribution in [-0.2, 0) is 4.74 Å². The predicted octanol–water partition coefficient (Wildman–Crippen LogP) is 4.58. The minimum Gasteiger partial charge on any atom is -0.452 e. The van der Waals surface area contributed by atoms with E-state index < -0.39 is 0 Å². The molecular formula is C15H17BrO3. The molecule has 4 heteroatoms. The van der Waals surface area contributed by atoms with Crippen LogP contribution in [-0.4, -0.2) is 18.5 Å². The van der Waals surface area contributed by atoms with Crippen LogP contribution in [0.25, 0.3) is 11.0 Å². The summed E-state index contributed by atoms with van der Waals surface area (Å²) >= 11 is 3.42. The Morgan fingerprint density at radius 1 is 1.42 bits per heavy atom. The Bertz CT molecular complexity index is 598. The molecule has 0 bridgehead atoms. The Labute approximate surface area is 121 Å². The Morgan fingerprint density at radius 2 is 2.16 bits per heavy atom. The number of furan rings is 1. The van der Waals surface area contributed by atoms with Gasteiger partial charge in [-0.05, 0) is 48.3 Å². The van der Waals surface area contributed by atoms with E-state index >= 15 is 0 Å². The van der Waals surface area contributed by atoms with Gasteiger partial charge in [0.15, 0.2) is 11.5 Å². The van der Waals surface area contributed by atoms with Gasteiger partial charge in [0.25, 0.3) is 0 Å². The first-order valence-corrected chi connectivity index (χ1v) is 6.99. The zero-order valence-electron chi connectivity index (χ0n) is 11.3. The summed E-state index contributed by atoms with van der Waals surface area (Å²) in [6, 6.07) is 7.54. The Balaban J connectivity index is 2.16. The van der Waals surface area contributed by atoms with E-state index in [1.807, 2.05) is 32.0 Å². The SMILES string of the molecule is COC(C)(C)CCC(=O)c1cc2cccc(Br)c2o1. The average Bonchev–Trinajstić information content (AvgIpc) is 2.81. The van der Waals surface area contributed by atoms with Crippen molar-refractivity contribution in [1.29, 1.82) is 0 Å². The van der Waals surface area contributed by atoms with Crippen LogP contribution in [0.2, 0.25) is 0 Å². The highest BCUT2D eigenvalue weighted by Gasteiger charge is 2.20. The van der Waals surface area contributed by atoms with E-state index in [-0.39, 0.29) is 11.4 Å². The molecule has 1 aromatic heterocycles. The fraction of sp³-hybridized carbons (Fsp3) is 0.400. The van der Waals surface area contributed by atoms with Gasteiger partial charge in [-0.15, -0.1) is 0 Å². The highest BCUT2D eigenvalue weighted by molar-refractivity contribution is 9.10. The topological polar surface area (TPSA) is 39.4 Å². The van der Waals surface area contributed by atoms with Crippen LogP contribution in [0.15, 0.2) is 33.2 Å². The molecule has 0 saturated carbocycles. The number of methoxy groups -OCH3 is 1. The van der Waals surface area contributed by atoms with Gasteiger partial charge >= 0.3 is 0 Å². The van der Waals surface area contributed by atoms with E-state index in [1.54, 1.807) is 13.2 Å². The highest BCUT2D eigenvalue weighted by Crippen LogP contribution is 2.28. The van der Waals surface area contributed by atoms with Gasteiger partial charge in [0.05, 0.1) is 10.1 Å². The third kappa shape index (κ3) is 3.25. The molecule has 0 spiro atoms. The second kappa shape index (κ2) is 5.47. The average molecular weight is 325 g/mol. The van der Waals surface area contributed by atoms with Crippen LogP contribution < -0.4 is 0 Å². The smallest absolute Gasteiger partial charge is 0.198 e. The van der Waals surface area contributed by atoms with Crippen molar-refractivity contribution in [2.75, 3.05) is 7.11 Å². The number of ether oxygens (including phenoxy) is 1. The number of carbonyl (C=O) groups is 1. The van der Waals surface area contributed by atoms with Crippen molar-refractivity contribution < 1.29 is 13.9 Å². The van der Waals surface area contributed by atoms with Crippen LogP contribution >= 0.6 is 15.9 Å². The van der Waals surface area contributed by atoms with E-state index in [0.717, 1.165) is 15.4 Å². The van der Waals surface area contributed by atoms with Gasteiger partial charge in [-0.25, -0.2) is 0 Å². The second-order valence-electron chi connectivity index (χ2n) is 5.16. The molecule has 0 aliphatic heterocycles. The van der Waals surface area contributed by atoms with Gasteiger partial charge in [0, 0.05) is 18.9 Å². The highest BCUT2D eigenvalue weighted by atomic mass is 79.9. The molecule has 19 heavy (non-hydrogen) atoms. The number of ketones is 1. The second-order valence-corrected chi connectivity index (χ2v) is 6.01. The van der Waals surface area contributed by atoms with Crippen molar-refractivity contribution in [3.05, 3.63) is 34.5 Å². The van der Waals surface area contributed by atoms with E-state index in [1.165, 1.54) is 0 Å². The molecular weight excluding hydrogens is 308 g/mol. The normalized spacial score (nSPS) is 12.0. The van der Waals surface area contributed by atoms with Crippen molar-refractivity contribution in [2.45, 2.75) is 32.3 Å². The monoisotopic (exact) mass is 324 g/mol. The number of benzene rings is 1. The first-order chi connectivity index (χ1) is 8.93. The van der Waals surface area contributed by atoms with Crippen molar-refractivity contribution in [2.24, 2.45) is 0 Å². The lowest BCUT2D eigenvalue weighted by molar-refractivity contribution is 0.0140. The molecule has 3 nitrogen and oxygen atoms in total. The maximum atomic E-state index is 12.1. The van der Waals surface area contributed by atoms with Crippen LogP contribution in [0.4, 0.5) is 0 Å². The van der Waals surface area contributed by atoms with E-state index in [2.05, 4.69) is 15.9 Å². The van der Waals surface area contributed by atoms with Crippen molar-refractivity contribution in [1.82, 2.24) is 0 Å². The summed E-state index contributed by atoms with van der Waals surface area (Å²) < 4.78 is 11.8. The standard InChI is InChI=1S/C15H17BrO3/c1-15(2,18-3)8-7-12(17)13-9-10-5-4-6-11(16)14(10)19-13/h4-6,9H,7-8H2,1-3H3. The Kier molecular flexibility index (Phi) is 4.11. The van der Waals surface area contributed by atoms with Gasteiger partial charge in [0.1, 0.15) is 5.58 Å². The lowest BCUT2D eigenvalue weighted by Gasteiger charge is -2.21. The van der Waals surface area contributed by atoms with Crippen LogP contribution in [0.1, 0.15) is 37.2 Å². The molecule has 1 heterocycles. The maximum Gasteiger partial charge on any atom is 0.198 e. The molecule has 0 fully saturated rings. The van der Waals surface area contributed by atoms with Crippen LogP contribution in [0.5, 0.6) is 0 Å². The Morgan fingerprint density at radius 3 is 2.79 bits per heavy atom. The van der Waals surface area contributed by atoms with Crippen LogP contribution in [0.3, 0.4) is 0 Å². The van der Waals surface area contributed by atoms with Gasteiger partial charge in [0.2, 0.25) is 0 Å². The lowest BCUT2D eigenvalue weighted by atomic mass is 10.00. The predicted molar refractivity (Wildman–Crippen MR) is 78.6 cm³/mol. The molecule has 0 aliphatic carbocycles. The first kappa shape index (κ1) is 14.3. The fourth-order valence-corrected chi connectivity index (χ4v) is 2.27. The fourth-order valence-electron chi connectivity index (χ4n) is 1.80. The zero-order chi connectivity index (χ0) is 14.0. The quantitative estimate of drug-likeness (QED) is 0.755. The van der Waals surface area contributed by atoms with E-state index in [0.29, 0.717) is 18.6 Å². The first-order valence-electron chi connectivity index (χ1n) is 6.19. The lowest BCUT2D eigenvalue weighted by Crippen LogP contribution is -2.23. The summed E-state index contributed by atoms with van der Waals surface area (Å²) in [6.07, 6.45) is 1.08. The number of rotatable bonds is 5. The van der Waals surface area contributed by atoms with Gasteiger partial charge < -0.3 is 9.15 Å². The number of Topliss-reactive ketones (excluding diaryl/α,β-unsaturated/α-hetero) is 1. The summed E-state index contributed by atoms with van der Waals surface area (Å²) in [5.74, 6) is 0.419. The molecule has 1 aromatic carbocycles. The third-order valence-electron chi connectivity index (χ3n) is 3.28. The van der Waals surface area contributed by atoms with E-state index in [9.17, 15) is 4.79 Å². The van der Waals surface area contributed by atoms with Gasteiger partial charge in [-0.1, -0.05) is 12.1 Å². The van der Waals surface area contributed by atoms with Gasteiger partial charge in [-0.2, -0.15) is 0 Å². The van der Waals surface area contributed by atoms with Crippen molar-refractivity contribution in [3.8, 4) is 0 Å². The molecule has 0 amide bonds. The maximum absolute atomic E-state index is 12.1. The van der Waals surface area contributed by atoms with Crippen molar-refractivity contribution >= 4 is 32.7 Å². The molecule has 0 saturated heterocycles. The summed E-state index contributed by atoms with van der Waals surface area (Å²) in [7, 11) is 1.66. The zero-order valence-corrected chi connectivity index (χ0v) is 12.9. The summed E-state index contributed by atoms with van der Waals surface area (Å²) in [6.45, 7) is 3.94. The minimum absolute atomic E-state index is 0.00762. The summed E-state index contributed by atoms with van der Waals surface area (Å²) in [4.78, 5) is 12.1. The number of carbonyl (C=O) groups excluding carboxylic acids is 1. The molecule has 0 unspecified atom stereocenters. The third-order valence-corrected chi connectivity index (χ3v) is 3.90. The van der Waals surface area contributed by atoms with Crippen molar-refractivity contribution in [3.63, 3.8) is 0 Å². The number of hydrogen-bond donors (Lipinski definition) is 0. The molecule has 0 radical (unpaired) electrons. The summed E-state index contributed by atoms with van der Waals surface area (Å²) in [5.41, 5.74) is 0.430. The largest absolute Gasteiger partial charge is 0.452 e. The molecule has 0 N–H and O–H groups in total. The summed E-state index contributed by atoms with van der Waals surface area (Å²) in [5, 5.41) is 0.934. The minimum atomic E-state index is -0.289. The Hall–Kier alpha value is -1.13. The van der Waals surface area contributed by atoms with Gasteiger partial charge in [-0.3, -0.25) is 4.79 Å². The number of halogens is 1.